The van der Waals surface area contributed by atoms with Crippen molar-refractivity contribution in [3.05, 3.63) is 0 Å². The summed E-state index contributed by atoms with van der Waals surface area (Å²) < 4.78 is 43.0. The van der Waals surface area contributed by atoms with Crippen LogP contribution in [0.4, 0.5) is 0 Å². The Bertz CT molecular complexity index is 603. The molecule has 2 aliphatic rings. The van der Waals surface area contributed by atoms with Gasteiger partial charge in [-0.25, -0.2) is 4.90 Å². The number of nitrogens with zero attached hydrogens (tertiary/aromatic N) is 2. The summed E-state index contributed by atoms with van der Waals surface area (Å²) in [5, 5.41) is 0. The zero-order valence-corrected chi connectivity index (χ0v) is 32.8. The molecule has 0 atom stereocenters. The summed E-state index contributed by atoms with van der Waals surface area (Å²) in [4.78, 5) is 4.87. The molecule has 0 unspecified atom stereocenters. The molecule has 1 aliphatic carbocycles. The first-order valence-corrected chi connectivity index (χ1v) is 23.5. The number of rotatable bonds is 21. The van der Waals surface area contributed by atoms with Crippen molar-refractivity contribution >= 4 is 27.8 Å². The van der Waals surface area contributed by atoms with E-state index >= 15 is 0 Å². The number of ether oxygens (including phenoxy) is 4. The highest BCUT2D eigenvalue weighted by Crippen LogP contribution is 2.37. The van der Waals surface area contributed by atoms with Gasteiger partial charge in [0, 0.05) is 52.3 Å². The molecule has 252 valence electrons. The molecule has 0 aromatic carbocycles. The fourth-order valence-corrected chi connectivity index (χ4v) is 12.7. The van der Waals surface area contributed by atoms with Crippen LogP contribution in [-0.2, 0) is 32.2 Å². The van der Waals surface area contributed by atoms with Crippen molar-refractivity contribution in [1.29, 1.82) is 0 Å². The summed E-state index contributed by atoms with van der Waals surface area (Å²) in [6.45, 7) is 25.7. The SMILES string of the molecule is CCOC(OCC)([SiH2]C)N(C1CCCCC1)C(OCC)(OCC)[SiH2]C.CCO[Si](CN1CCCCC1)(OCC)OCC. The van der Waals surface area contributed by atoms with Gasteiger partial charge in [0.1, 0.15) is 19.0 Å². The predicted octanol–water partition coefficient (Wildman–Crippen LogP) is 4.48. The van der Waals surface area contributed by atoms with Crippen LogP contribution in [0.5, 0.6) is 0 Å². The fourth-order valence-electron chi connectivity index (χ4n) is 6.48. The first kappa shape index (κ1) is 40.3. The third-order valence-electron chi connectivity index (χ3n) is 8.01. The van der Waals surface area contributed by atoms with E-state index in [2.05, 4.69) is 50.6 Å². The van der Waals surface area contributed by atoms with Crippen molar-refractivity contribution in [3.8, 4) is 0 Å². The summed E-state index contributed by atoms with van der Waals surface area (Å²) in [6.07, 6.45) is 11.0. The monoisotopic (exact) mass is 652 g/mol. The largest absolute Gasteiger partial charge is 0.515 e. The quantitative estimate of drug-likeness (QED) is 0.132. The average molecular weight is 653 g/mol. The summed E-state index contributed by atoms with van der Waals surface area (Å²) in [7, 11) is -3.80. The van der Waals surface area contributed by atoms with E-state index in [9.17, 15) is 0 Å². The van der Waals surface area contributed by atoms with Gasteiger partial charge >= 0.3 is 8.80 Å². The third-order valence-corrected chi connectivity index (χ3v) is 14.3. The molecule has 2 fully saturated rings. The molecule has 0 aromatic rings. The van der Waals surface area contributed by atoms with E-state index < -0.39 is 38.9 Å². The molecule has 0 bridgehead atoms. The van der Waals surface area contributed by atoms with Crippen LogP contribution in [0.2, 0.25) is 13.1 Å². The predicted molar refractivity (Wildman–Crippen MR) is 180 cm³/mol. The van der Waals surface area contributed by atoms with Gasteiger partial charge in [0.15, 0.2) is 0 Å². The van der Waals surface area contributed by atoms with Crippen LogP contribution in [0.25, 0.3) is 0 Å². The van der Waals surface area contributed by atoms with Gasteiger partial charge in [-0.1, -0.05) is 38.8 Å². The first-order valence-electron chi connectivity index (χ1n) is 17.3. The van der Waals surface area contributed by atoms with Crippen molar-refractivity contribution < 1.29 is 32.2 Å². The first-order chi connectivity index (χ1) is 20.4. The number of piperidine rings is 1. The molecular weight excluding hydrogens is 585 g/mol. The van der Waals surface area contributed by atoms with Gasteiger partial charge in [-0.15, -0.1) is 0 Å². The van der Waals surface area contributed by atoms with Crippen LogP contribution in [0.3, 0.4) is 0 Å². The van der Waals surface area contributed by atoms with Gasteiger partial charge in [-0.2, -0.15) is 0 Å². The maximum absolute atomic E-state index is 6.36. The van der Waals surface area contributed by atoms with Crippen LogP contribution < -0.4 is 0 Å². The molecule has 0 radical (unpaired) electrons. The molecule has 0 amide bonds. The van der Waals surface area contributed by atoms with Gasteiger partial charge in [0.05, 0.1) is 6.17 Å². The minimum Gasteiger partial charge on any atom is -0.373 e. The lowest BCUT2D eigenvalue weighted by atomic mass is 9.94. The van der Waals surface area contributed by atoms with Crippen LogP contribution in [-0.4, -0.2) is 120 Å². The Kier molecular flexibility index (Phi) is 21.8. The molecule has 42 heavy (non-hydrogen) atoms. The Morgan fingerprint density at radius 1 is 0.595 bits per heavy atom. The number of likely N-dealkylation sites (tertiary alicyclic amines) is 1. The maximum atomic E-state index is 6.36. The number of hydrogen-bond acceptors (Lipinski definition) is 9. The van der Waals surface area contributed by atoms with Crippen molar-refractivity contribution in [2.75, 3.05) is 65.5 Å². The zero-order valence-electron chi connectivity index (χ0n) is 29.0. The van der Waals surface area contributed by atoms with Crippen molar-refractivity contribution in [1.82, 2.24) is 9.80 Å². The topological polar surface area (TPSA) is 71.1 Å². The van der Waals surface area contributed by atoms with Gasteiger partial charge in [0.25, 0.3) is 0 Å². The average Bonchev–Trinajstić information content (AvgIpc) is 2.99. The summed E-state index contributed by atoms with van der Waals surface area (Å²) in [6, 6.07) is 0.407. The van der Waals surface area contributed by atoms with Crippen molar-refractivity contribution in [2.24, 2.45) is 0 Å². The Balaban J connectivity index is 0.000000452. The zero-order chi connectivity index (χ0) is 31.3. The maximum Gasteiger partial charge on any atom is 0.515 e. The molecular formula is C30H68N2O7Si3. The summed E-state index contributed by atoms with van der Waals surface area (Å²) in [5.74, 6) is 0. The standard InChI is InChI=1S/C18H41NO4Si2.C12H27NO3Si/c1-7-20-17(24-5,21-8-2)19(16-14-12-11-13-15-16)18(25-6,22-9-3)23-10-4;1-4-14-17(15-5-2,16-6-3)12-13-10-8-7-9-11-13/h16H,7-15,24-25H2,1-6H3;4-12H2,1-3H3. The molecule has 1 aliphatic heterocycles. The normalized spacial score (nSPS) is 18.4. The van der Waals surface area contributed by atoms with Crippen LogP contribution in [0.15, 0.2) is 0 Å². The molecule has 1 saturated heterocycles. The van der Waals surface area contributed by atoms with E-state index in [0.717, 1.165) is 19.3 Å². The third kappa shape index (κ3) is 12.2. The molecule has 0 spiro atoms. The van der Waals surface area contributed by atoms with Crippen molar-refractivity contribution in [2.45, 2.75) is 130 Å². The van der Waals surface area contributed by atoms with E-state index in [4.69, 9.17) is 32.2 Å². The second-order valence-electron chi connectivity index (χ2n) is 10.8. The summed E-state index contributed by atoms with van der Waals surface area (Å²) in [5.41, 5.74) is -1.28. The lowest BCUT2D eigenvalue weighted by molar-refractivity contribution is -0.376. The van der Waals surface area contributed by atoms with E-state index in [0.29, 0.717) is 52.3 Å². The molecule has 1 heterocycles. The molecule has 9 nitrogen and oxygen atoms in total. The molecule has 1 saturated carbocycles. The highest BCUT2D eigenvalue weighted by atomic mass is 28.4. The number of hydrogen-bond donors (Lipinski definition) is 0. The summed E-state index contributed by atoms with van der Waals surface area (Å²) >= 11 is 0. The highest BCUT2D eigenvalue weighted by molar-refractivity contribution is 6.60. The van der Waals surface area contributed by atoms with Crippen LogP contribution in [0.1, 0.15) is 99.8 Å². The van der Waals surface area contributed by atoms with Gasteiger partial charge in [-0.3, -0.25) is 4.90 Å². The van der Waals surface area contributed by atoms with Crippen molar-refractivity contribution in [3.63, 3.8) is 0 Å². The van der Waals surface area contributed by atoms with E-state index in [1.54, 1.807) is 0 Å². The van der Waals surface area contributed by atoms with Crippen LogP contribution in [0, 0.1) is 0 Å². The smallest absolute Gasteiger partial charge is 0.373 e. The molecule has 12 heteroatoms. The van der Waals surface area contributed by atoms with Crippen LogP contribution >= 0.6 is 0 Å². The molecule has 0 N–H and O–H groups in total. The molecule has 2 rings (SSSR count). The van der Waals surface area contributed by atoms with Gasteiger partial charge in [0.2, 0.25) is 11.1 Å². The van der Waals surface area contributed by atoms with E-state index in [1.807, 2.05) is 20.8 Å². The second kappa shape index (κ2) is 22.7. The molecule has 0 aromatic heterocycles. The fraction of sp³-hybridized carbons (Fsp3) is 1.00. The van der Waals surface area contributed by atoms with Gasteiger partial charge < -0.3 is 32.2 Å². The van der Waals surface area contributed by atoms with Gasteiger partial charge in [-0.05, 0) is 87.2 Å². The Hall–Kier alpha value is 0.291. The Labute approximate surface area is 265 Å². The minimum atomic E-state index is -2.46. The lowest BCUT2D eigenvalue weighted by Crippen LogP contribution is -2.72. The van der Waals surface area contributed by atoms with E-state index in [-0.39, 0.29) is 0 Å². The minimum absolute atomic E-state index is 0.407. The highest BCUT2D eigenvalue weighted by Gasteiger charge is 2.53. The Morgan fingerprint density at radius 3 is 1.31 bits per heavy atom. The Morgan fingerprint density at radius 2 is 0.976 bits per heavy atom. The second-order valence-corrected chi connectivity index (χ2v) is 16.6. The van der Waals surface area contributed by atoms with E-state index in [1.165, 1.54) is 51.4 Å². The lowest BCUT2D eigenvalue weighted by Gasteiger charge is -2.55.